The second-order valence-corrected chi connectivity index (χ2v) is 6.40. The minimum absolute atomic E-state index is 0.262. The molecule has 0 spiro atoms. The van der Waals surface area contributed by atoms with Crippen LogP contribution >= 0.6 is 0 Å². The molecule has 0 unspecified atom stereocenters. The molecule has 3 aromatic rings. The number of amides is 1. The van der Waals surface area contributed by atoms with Crippen LogP contribution in [-0.4, -0.2) is 10.9 Å². The molecule has 0 aliphatic carbocycles. The van der Waals surface area contributed by atoms with Gasteiger partial charge in [0.25, 0.3) is 5.91 Å². The SMILES string of the molecule is CC(C)c1cccc(-c2cnc3c(c2)Oc2ccccc2NC3=O)c1. The normalized spacial score (nSPS) is 12.7. The second kappa shape index (κ2) is 6.06. The first-order valence-corrected chi connectivity index (χ1v) is 8.30. The molecular weight excluding hydrogens is 312 g/mol. The highest BCUT2D eigenvalue weighted by molar-refractivity contribution is 6.06. The summed E-state index contributed by atoms with van der Waals surface area (Å²) in [4.78, 5) is 16.8. The molecule has 0 saturated carbocycles. The average molecular weight is 330 g/mol. The third kappa shape index (κ3) is 2.87. The summed E-state index contributed by atoms with van der Waals surface area (Å²) in [5.41, 5.74) is 4.18. The van der Waals surface area contributed by atoms with Gasteiger partial charge in [0.05, 0.1) is 5.69 Å². The molecule has 0 radical (unpaired) electrons. The summed E-state index contributed by atoms with van der Waals surface area (Å²) in [5, 5.41) is 2.84. The molecule has 25 heavy (non-hydrogen) atoms. The summed E-state index contributed by atoms with van der Waals surface area (Å²) in [6.07, 6.45) is 1.72. The Morgan fingerprint density at radius 3 is 2.64 bits per heavy atom. The lowest BCUT2D eigenvalue weighted by atomic mass is 9.98. The lowest BCUT2D eigenvalue weighted by Gasteiger charge is -2.11. The summed E-state index contributed by atoms with van der Waals surface area (Å²) >= 11 is 0. The van der Waals surface area contributed by atoms with E-state index < -0.39 is 0 Å². The molecule has 0 saturated heterocycles. The van der Waals surface area contributed by atoms with Crippen LogP contribution in [0.25, 0.3) is 11.1 Å². The first-order valence-electron chi connectivity index (χ1n) is 8.30. The molecule has 2 heterocycles. The molecule has 1 amide bonds. The van der Waals surface area contributed by atoms with E-state index in [0.29, 0.717) is 28.8 Å². The summed E-state index contributed by atoms with van der Waals surface area (Å²) in [6, 6.07) is 17.6. The van der Waals surface area contributed by atoms with Crippen molar-refractivity contribution >= 4 is 11.6 Å². The molecule has 4 rings (SSSR count). The highest BCUT2D eigenvalue weighted by Crippen LogP contribution is 2.36. The number of hydrogen-bond donors (Lipinski definition) is 1. The van der Waals surface area contributed by atoms with E-state index in [0.717, 1.165) is 11.1 Å². The fourth-order valence-electron chi connectivity index (χ4n) is 2.89. The molecule has 124 valence electrons. The fraction of sp³-hybridized carbons (Fsp3) is 0.143. The number of anilines is 1. The molecule has 0 fully saturated rings. The monoisotopic (exact) mass is 330 g/mol. The molecule has 0 bridgehead atoms. The molecule has 1 aliphatic heterocycles. The van der Waals surface area contributed by atoms with Crippen LogP contribution in [0.1, 0.15) is 35.8 Å². The number of hydrogen-bond acceptors (Lipinski definition) is 3. The molecule has 1 N–H and O–H groups in total. The zero-order chi connectivity index (χ0) is 17.4. The maximum atomic E-state index is 12.4. The van der Waals surface area contributed by atoms with Crippen LogP contribution in [0.2, 0.25) is 0 Å². The minimum Gasteiger partial charge on any atom is -0.453 e. The van der Waals surface area contributed by atoms with Crippen LogP contribution in [0.4, 0.5) is 5.69 Å². The predicted molar refractivity (Wildman–Crippen MR) is 98.2 cm³/mol. The van der Waals surface area contributed by atoms with E-state index in [4.69, 9.17) is 4.74 Å². The van der Waals surface area contributed by atoms with Crippen LogP contribution < -0.4 is 10.1 Å². The Morgan fingerprint density at radius 2 is 1.80 bits per heavy atom. The van der Waals surface area contributed by atoms with Gasteiger partial charge in [-0.05, 0) is 35.2 Å². The van der Waals surface area contributed by atoms with E-state index in [9.17, 15) is 4.79 Å². The van der Waals surface area contributed by atoms with Crippen molar-refractivity contribution in [1.29, 1.82) is 0 Å². The maximum absolute atomic E-state index is 12.4. The molecule has 2 aromatic carbocycles. The van der Waals surface area contributed by atoms with E-state index in [1.807, 2.05) is 42.5 Å². The van der Waals surface area contributed by atoms with Crippen molar-refractivity contribution in [1.82, 2.24) is 4.98 Å². The molecule has 0 atom stereocenters. The minimum atomic E-state index is -0.262. The summed E-state index contributed by atoms with van der Waals surface area (Å²) < 4.78 is 5.97. The van der Waals surface area contributed by atoms with Crippen LogP contribution in [0, 0.1) is 0 Å². The molecule has 1 aromatic heterocycles. The van der Waals surface area contributed by atoms with E-state index in [1.54, 1.807) is 6.20 Å². The lowest BCUT2D eigenvalue weighted by Crippen LogP contribution is -2.12. The Bertz CT molecular complexity index is 964. The number of benzene rings is 2. The first kappa shape index (κ1) is 15.4. The van der Waals surface area contributed by atoms with Crippen molar-refractivity contribution in [3.8, 4) is 22.6 Å². The number of pyridine rings is 1. The number of nitrogens with zero attached hydrogens (tertiary/aromatic N) is 1. The third-order valence-corrected chi connectivity index (χ3v) is 4.31. The van der Waals surface area contributed by atoms with Crippen LogP contribution in [0.3, 0.4) is 0 Å². The lowest BCUT2D eigenvalue weighted by molar-refractivity contribution is 0.102. The van der Waals surface area contributed by atoms with Gasteiger partial charge in [-0.15, -0.1) is 0 Å². The smallest absolute Gasteiger partial charge is 0.278 e. The highest BCUT2D eigenvalue weighted by atomic mass is 16.5. The van der Waals surface area contributed by atoms with Crippen molar-refractivity contribution in [3.63, 3.8) is 0 Å². The molecular formula is C21H18N2O2. The van der Waals surface area contributed by atoms with E-state index in [1.165, 1.54) is 5.56 Å². The van der Waals surface area contributed by atoms with Crippen molar-refractivity contribution < 1.29 is 9.53 Å². The topological polar surface area (TPSA) is 51.2 Å². The molecule has 4 nitrogen and oxygen atoms in total. The number of ether oxygens (including phenoxy) is 1. The predicted octanol–water partition coefficient (Wildman–Crippen LogP) is 5.23. The summed E-state index contributed by atoms with van der Waals surface area (Å²) in [7, 11) is 0. The van der Waals surface area contributed by atoms with E-state index in [-0.39, 0.29) is 5.91 Å². The number of fused-ring (bicyclic) bond motifs is 2. The van der Waals surface area contributed by atoms with Gasteiger partial charge in [-0.2, -0.15) is 0 Å². The van der Waals surface area contributed by atoms with Crippen molar-refractivity contribution in [3.05, 3.63) is 72.1 Å². The number of carbonyl (C=O) groups excluding carboxylic acids is 1. The Kier molecular flexibility index (Phi) is 3.73. The fourth-order valence-corrected chi connectivity index (χ4v) is 2.89. The van der Waals surface area contributed by atoms with Crippen molar-refractivity contribution in [2.75, 3.05) is 5.32 Å². The standard InChI is InChI=1S/C21H18N2O2/c1-13(2)14-6-5-7-15(10-14)16-11-19-20(22-12-16)21(24)23-17-8-3-4-9-18(17)25-19/h3-13H,1-2H3,(H,23,24). The highest BCUT2D eigenvalue weighted by Gasteiger charge is 2.22. The van der Waals surface area contributed by atoms with Gasteiger partial charge >= 0.3 is 0 Å². The number of para-hydroxylation sites is 2. The summed E-state index contributed by atoms with van der Waals surface area (Å²) in [5.74, 6) is 1.27. The van der Waals surface area contributed by atoms with Gasteiger partial charge < -0.3 is 10.1 Å². The van der Waals surface area contributed by atoms with Gasteiger partial charge in [0.2, 0.25) is 0 Å². The molecule has 1 aliphatic rings. The quantitative estimate of drug-likeness (QED) is 0.700. The van der Waals surface area contributed by atoms with Gasteiger partial charge in [-0.1, -0.05) is 50.2 Å². The maximum Gasteiger partial charge on any atom is 0.278 e. The largest absolute Gasteiger partial charge is 0.453 e. The van der Waals surface area contributed by atoms with Gasteiger partial charge in [0.1, 0.15) is 0 Å². The van der Waals surface area contributed by atoms with E-state index in [2.05, 4.69) is 36.3 Å². The average Bonchev–Trinajstić information content (AvgIpc) is 2.77. The van der Waals surface area contributed by atoms with Crippen LogP contribution in [0.15, 0.2) is 60.8 Å². The third-order valence-electron chi connectivity index (χ3n) is 4.31. The van der Waals surface area contributed by atoms with Crippen LogP contribution in [-0.2, 0) is 0 Å². The van der Waals surface area contributed by atoms with Crippen LogP contribution in [0.5, 0.6) is 11.5 Å². The zero-order valence-electron chi connectivity index (χ0n) is 14.1. The number of aromatic nitrogens is 1. The van der Waals surface area contributed by atoms with Gasteiger partial charge in [-0.25, -0.2) is 4.98 Å². The number of rotatable bonds is 2. The Hall–Kier alpha value is -3.14. The Labute approximate surface area is 146 Å². The Morgan fingerprint density at radius 1 is 0.960 bits per heavy atom. The molecule has 4 heteroatoms. The van der Waals surface area contributed by atoms with Gasteiger partial charge in [0, 0.05) is 11.8 Å². The van der Waals surface area contributed by atoms with E-state index >= 15 is 0 Å². The Balaban J connectivity index is 1.79. The van der Waals surface area contributed by atoms with Gasteiger partial charge in [-0.3, -0.25) is 4.79 Å². The second-order valence-electron chi connectivity index (χ2n) is 6.40. The first-order chi connectivity index (χ1) is 12.1. The zero-order valence-corrected chi connectivity index (χ0v) is 14.1. The van der Waals surface area contributed by atoms with Crippen molar-refractivity contribution in [2.24, 2.45) is 0 Å². The van der Waals surface area contributed by atoms with Gasteiger partial charge in [0.15, 0.2) is 17.2 Å². The number of carbonyl (C=O) groups is 1. The van der Waals surface area contributed by atoms with Crippen molar-refractivity contribution in [2.45, 2.75) is 19.8 Å². The number of nitrogens with one attached hydrogen (secondary N) is 1. The summed E-state index contributed by atoms with van der Waals surface area (Å²) in [6.45, 7) is 4.33.